The Bertz CT molecular complexity index is 1910. The van der Waals surface area contributed by atoms with Gasteiger partial charge in [0.25, 0.3) is 17.2 Å². The van der Waals surface area contributed by atoms with Crippen LogP contribution in [0.1, 0.15) is 10.4 Å². The van der Waals surface area contributed by atoms with Crippen molar-refractivity contribution in [2.75, 3.05) is 4.90 Å². The molecule has 6 heteroatoms. The van der Waals surface area contributed by atoms with E-state index in [2.05, 4.69) is 72.8 Å². The zero-order valence-electron chi connectivity index (χ0n) is 24.9. The SMILES string of the molecule is O=C(c1ccccc1)N(c1ccccc1)c1oc(-c2ccccc2)nc1[P+](c1ccccc1)(c1ccccc1)c1ccccc1.[Cl-]. The number of hydrogen-bond acceptors (Lipinski definition) is 3. The first-order valence-corrected chi connectivity index (χ1v) is 16.6. The summed E-state index contributed by atoms with van der Waals surface area (Å²) in [5, 5.41) is 3.32. The molecular formula is C40H30ClN2O2P. The van der Waals surface area contributed by atoms with Gasteiger partial charge in [0.05, 0.1) is 5.69 Å². The number of rotatable bonds is 8. The van der Waals surface area contributed by atoms with Crippen LogP contribution in [-0.2, 0) is 0 Å². The van der Waals surface area contributed by atoms with Crippen molar-refractivity contribution in [3.05, 3.63) is 188 Å². The van der Waals surface area contributed by atoms with Crippen LogP contribution in [0, 0.1) is 0 Å². The smallest absolute Gasteiger partial charge is 0.273 e. The van der Waals surface area contributed by atoms with Gasteiger partial charge >= 0.3 is 0 Å². The maximum Gasteiger partial charge on any atom is 0.273 e. The minimum absolute atomic E-state index is 0. The number of oxazole rings is 1. The van der Waals surface area contributed by atoms with Crippen LogP contribution >= 0.6 is 7.26 Å². The zero-order valence-corrected chi connectivity index (χ0v) is 26.5. The lowest BCUT2D eigenvalue weighted by atomic mass is 10.2. The lowest BCUT2D eigenvalue weighted by molar-refractivity contribution is -0.0000170. The van der Waals surface area contributed by atoms with Gasteiger partial charge in [-0.15, -0.1) is 0 Å². The van der Waals surface area contributed by atoms with Crippen LogP contribution < -0.4 is 38.7 Å². The fourth-order valence-electron chi connectivity index (χ4n) is 5.75. The van der Waals surface area contributed by atoms with Crippen molar-refractivity contribution in [2.24, 2.45) is 0 Å². The number of anilines is 2. The Labute approximate surface area is 275 Å². The summed E-state index contributed by atoms with van der Waals surface area (Å²) in [5.41, 5.74) is 2.79. The lowest BCUT2D eigenvalue weighted by Gasteiger charge is -2.28. The largest absolute Gasteiger partial charge is 1.00 e. The van der Waals surface area contributed by atoms with Gasteiger partial charge in [0.15, 0.2) is 7.26 Å². The van der Waals surface area contributed by atoms with Gasteiger partial charge in [-0.2, -0.15) is 4.98 Å². The average molecular weight is 637 g/mol. The highest BCUT2D eigenvalue weighted by Gasteiger charge is 2.54. The van der Waals surface area contributed by atoms with Gasteiger partial charge < -0.3 is 16.8 Å². The number of carbonyl (C=O) groups is 1. The fraction of sp³-hybridized carbons (Fsp3) is 0. The second-order valence-corrected chi connectivity index (χ2v) is 13.8. The van der Waals surface area contributed by atoms with E-state index in [-0.39, 0.29) is 18.3 Å². The maximum atomic E-state index is 14.6. The molecule has 0 saturated carbocycles. The molecule has 46 heavy (non-hydrogen) atoms. The molecule has 224 valence electrons. The topological polar surface area (TPSA) is 46.3 Å². The van der Waals surface area contributed by atoms with Gasteiger partial charge in [-0.05, 0) is 72.8 Å². The third-order valence-corrected chi connectivity index (χ3v) is 11.9. The molecule has 0 spiro atoms. The van der Waals surface area contributed by atoms with E-state index in [4.69, 9.17) is 9.40 Å². The highest BCUT2D eigenvalue weighted by molar-refractivity contribution is 8.01. The molecule has 0 aliphatic carbocycles. The molecule has 6 aromatic carbocycles. The van der Waals surface area contributed by atoms with Crippen molar-refractivity contribution in [2.45, 2.75) is 0 Å². The molecule has 0 bridgehead atoms. The summed E-state index contributed by atoms with van der Waals surface area (Å²) in [5.74, 6) is 0.652. The van der Waals surface area contributed by atoms with Crippen LogP contribution in [-0.4, -0.2) is 10.9 Å². The normalized spacial score (nSPS) is 11.0. The maximum absolute atomic E-state index is 14.6. The summed E-state index contributed by atoms with van der Waals surface area (Å²) in [6.45, 7) is 0. The number of halogens is 1. The molecule has 7 rings (SSSR count). The van der Waals surface area contributed by atoms with Crippen molar-refractivity contribution in [1.29, 1.82) is 0 Å². The third kappa shape index (κ3) is 5.65. The van der Waals surface area contributed by atoms with E-state index in [1.807, 2.05) is 109 Å². The Morgan fingerprint density at radius 1 is 0.522 bits per heavy atom. The molecule has 1 aromatic heterocycles. The summed E-state index contributed by atoms with van der Waals surface area (Å²) in [4.78, 5) is 21.7. The Kier molecular flexibility index (Phi) is 9.21. The number of nitrogens with zero attached hydrogens (tertiary/aromatic N) is 2. The fourth-order valence-corrected chi connectivity index (χ4v) is 9.91. The summed E-state index contributed by atoms with van der Waals surface area (Å²) in [7, 11) is -2.75. The molecule has 0 aliphatic heterocycles. The Balaban J connectivity index is 0.00000372. The van der Waals surface area contributed by atoms with Crippen LogP contribution in [0.25, 0.3) is 11.5 Å². The summed E-state index contributed by atoms with van der Waals surface area (Å²) in [6.07, 6.45) is 0. The molecule has 4 nitrogen and oxygen atoms in total. The summed E-state index contributed by atoms with van der Waals surface area (Å²) < 4.78 is 6.85. The summed E-state index contributed by atoms with van der Waals surface area (Å²) >= 11 is 0. The van der Waals surface area contributed by atoms with Crippen molar-refractivity contribution in [1.82, 2.24) is 4.98 Å². The molecule has 0 N–H and O–H groups in total. The first-order valence-electron chi connectivity index (χ1n) is 14.8. The van der Waals surface area contributed by atoms with E-state index >= 15 is 0 Å². The van der Waals surface area contributed by atoms with Gasteiger partial charge in [0.1, 0.15) is 15.9 Å². The monoisotopic (exact) mass is 636 g/mol. The minimum atomic E-state index is -2.75. The van der Waals surface area contributed by atoms with E-state index in [0.29, 0.717) is 23.0 Å². The third-order valence-electron chi connectivity index (χ3n) is 7.80. The van der Waals surface area contributed by atoms with Crippen LogP contribution in [0.4, 0.5) is 11.6 Å². The van der Waals surface area contributed by atoms with E-state index in [1.165, 1.54) is 0 Å². The van der Waals surface area contributed by atoms with Gasteiger partial charge in [-0.3, -0.25) is 4.79 Å². The second-order valence-electron chi connectivity index (χ2n) is 10.5. The number of amides is 1. The zero-order chi connectivity index (χ0) is 30.5. The van der Waals surface area contributed by atoms with Crippen molar-refractivity contribution in [3.63, 3.8) is 0 Å². The molecule has 0 fully saturated rings. The van der Waals surface area contributed by atoms with E-state index in [0.717, 1.165) is 26.9 Å². The number of para-hydroxylation sites is 1. The molecule has 0 unspecified atom stereocenters. The molecule has 0 atom stereocenters. The van der Waals surface area contributed by atoms with Crippen LogP contribution in [0.2, 0.25) is 0 Å². The minimum Gasteiger partial charge on any atom is -1.00 e. The van der Waals surface area contributed by atoms with E-state index in [9.17, 15) is 4.79 Å². The number of benzene rings is 6. The molecule has 1 amide bonds. The first-order chi connectivity index (χ1) is 22.3. The van der Waals surface area contributed by atoms with Crippen LogP contribution in [0.5, 0.6) is 0 Å². The number of hydrogen-bond donors (Lipinski definition) is 0. The van der Waals surface area contributed by atoms with Crippen LogP contribution in [0.15, 0.2) is 186 Å². The predicted molar refractivity (Wildman–Crippen MR) is 186 cm³/mol. The second kappa shape index (κ2) is 13.8. The van der Waals surface area contributed by atoms with Gasteiger partial charge in [-0.25, -0.2) is 4.90 Å². The van der Waals surface area contributed by atoms with Crippen molar-refractivity contribution >= 4 is 46.1 Å². The van der Waals surface area contributed by atoms with Crippen molar-refractivity contribution in [3.8, 4) is 11.5 Å². The Morgan fingerprint density at radius 2 is 0.913 bits per heavy atom. The van der Waals surface area contributed by atoms with E-state index in [1.54, 1.807) is 4.90 Å². The van der Waals surface area contributed by atoms with Gasteiger partial charge in [-0.1, -0.05) is 109 Å². The number of aromatic nitrogens is 1. The molecule has 0 radical (unpaired) electrons. The van der Waals surface area contributed by atoms with Gasteiger partial charge in [0.2, 0.25) is 5.89 Å². The summed E-state index contributed by atoms with van der Waals surface area (Å²) in [6, 6.07) is 60.4. The molecule has 0 aliphatic rings. The Morgan fingerprint density at radius 3 is 1.37 bits per heavy atom. The highest BCUT2D eigenvalue weighted by Crippen LogP contribution is 2.56. The van der Waals surface area contributed by atoms with E-state index < -0.39 is 7.26 Å². The predicted octanol–water partition coefficient (Wildman–Crippen LogP) is 4.94. The highest BCUT2D eigenvalue weighted by atomic mass is 35.5. The first kappa shape index (κ1) is 30.7. The lowest BCUT2D eigenvalue weighted by Crippen LogP contribution is -3.00. The standard InChI is InChI=1S/C40H30N2O2P.ClH/c43-39(32-21-9-2-10-22-32)42(33-23-11-3-12-24-33)40-38(41-37(44-40)31-19-7-1-8-20-31)45(34-25-13-4-14-26-34,35-27-15-5-16-28-35)36-29-17-6-18-30-36;/h1-30H;1H/q+1;/p-1. The van der Waals surface area contributed by atoms with Crippen molar-refractivity contribution < 1.29 is 21.6 Å². The molecule has 1 heterocycles. The quantitative estimate of drug-likeness (QED) is 0.222. The molecule has 7 aromatic rings. The van der Waals surface area contributed by atoms with Gasteiger partial charge in [0, 0.05) is 11.1 Å². The van der Waals surface area contributed by atoms with Crippen LogP contribution in [0.3, 0.4) is 0 Å². The number of carbonyl (C=O) groups excluding carboxylic acids is 1. The molecular weight excluding hydrogens is 607 g/mol. The Hall–Kier alpha value is -5.28. The average Bonchev–Trinajstić information content (AvgIpc) is 3.56. The molecule has 0 saturated heterocycles.